The normalized spacial score (nSPS) is 14.6. The molecule has 2 amide bonds. The highest BCUT2D eigenvalue weighted by molar-refractivity contribution is 5.87. The van der Waals surface area contributed by atoms with Crippen LogP contribution in [0.3, 0.4) is 0 Å². The molecule has 3 atom stereocenters. The summed E-state index contributed by atoms with van der Waals surface area (Å²) < 4.78 is 26.8. The number of aliphatic hydroxyl groups excluding tert-OH is 1. The Morgan fingerprint density at radius 3 is 2.30 bits per heavy atom. The van der Waals surface area contributed by atoms with Gasteiger partial charge in [-0.2, -0.15) is 0 Å². The number of allylic oxidation sites excluding steroid dienone is 1. The van der Waals surface area contributed by atoms with E-state index in [4.69, 9.17) is 0 Å². The lowest BCUT2D eigenvalue weighted by molar-refractivity contribution is -0.121. The molecule has 1 aromatic carbocycles. The SMILES string of the molecule is CCC=CC(=O)NC(CC)C[C@H](O)[C@H](Cc1cc(F)cc(F)c1)NC(C)=O. The van der Waals surface area contributed by atoms with Crippen LogP contribution >= 0.6 is 0 Å². The lowest BCUT2D eigenvalue weighted by atomic mass is 9.95. The van der Waals surface area contributed by atoms with Crippen molar-refractivity contribution in [3.63, 3.8) is 0 Å². The monoisotopic (exact) mass is 382 g/mol. The van der Waals surface area contributed by atoms with Crippen molar-refractivity contribution in [2.45, 2.75) is 64.6 Å². The first-order chi connectivity index (χ1) is 12.7. The van der Waals surface area contributed by atoms with Gasteiger partial charge < -0.3 is 15.7 Å². The number of rotatable bonds is 10. The second kappa shape index (κ2) is 11.4. The molecule has 1 rings (SSSR count). The molecule has 0 saturated carbocycles. The fraction of sp³-hybridized carbons (Fsp3) is 0.500. The molecule has 0 aliphatic heterocycles. The molecule has 27 heavy (non-hydrogen) atoms. The molecule has 0 heterocycles. The quantitative estimate of drug-likeness (QED) is 0.545. The Kier molecular flexibility index (Phi) is 9.64. The van der Waals surface area contributed by atoms with E-state index in [-0.39, 0.29) is 30.7 Å². The molecule has 0 spiro atoms. The fourth-order valence-electron chi connectivity index (χ4n) is 2.78. The van der Waals surface area contributed by atoms with E-state index in [1.807, 2.05) is 13.8 Å². The summed E-state index contributed by atoms with van der Waals surface area (Å²) in [4.78, 5) is 23.3. The number of hydrogen-bond donors (Lipinski definition) is 3. The van der Waals surface area contributed by atoms with Gasteiger partial charge in [-0.25, -0.2) is 8.78 Å². The van der Waals surface area contributed by atoms with Gasteiger partial charge in [-0.3, -0.25) is 9.59 Å². The van der Waals surface area contributed by atoms with Crippen LogP contribution in [0.15, 0.2) is 30.4 Å². The van der Waals surface area contributed by atoms with Crippen molar-refractivity contribution >= 4 is 11.8 Å². The van der Waals surface area contributed by atoms with E-state index in [1.54, 1.807) is 6.08 Å². The number of halogens is 2. The number of carbonyl (C=O) groups is 2. The number of nitrogens with one attached hydrogen (secondary N) is 2. The molecule has 5 nitrogen and oxygen atoms in total. The summed E-state index contributed by atoms with van der Waals surface area (Å²) in [5.41, 5.74) is 0.327. The van der Waals surface area contributed by atoms with Gasteiger partial charge in [0.1, 0.15) is 11.6 Å². The molecule has 7 heteroatoms. The average molecular weight is 382 g/mol. The summed E-state index contributed by atoms with van der Waals surface area (Å²) in [6.07, 6.45) is 3.76. The van der Waals surface area contributed by atoms with Crippen molar-refractivity contribution in [3.8, 4) is 0 Å². The fourth-order valence-corrected chi connectivity index (χ4v) is 2.78. The smallest absolute Gasteiger partial charge is 0.243 e. The Hall–Kier alpha value is -2.28. The van der Waals surface area contributed by atoms with Crippen LogP contribution in [0, 0.1) is 11.6 Å². The van der Waals surface area contributed by atoms with E-state index >= 15 is 0 Å². The van der Waals surface area contributed by atoms with Crippen molar-refractivity contribution in [2.24, 2.45) is 0 Å². The third kappa shape index (κ3) is 8.77. The van der Waals surface area contributed by atoms with Crippen LogP contribution in [0.1, 0.15) is 45.6 Å². The molecule has 0 saturated heterocycles. The van der Waals surface area contributed by atoms with Crippen LogP contribution in [-0.4, -0.2) is 35.1 Å². The number of hydrogen-bond acceptors (Lipinski definition) is 3. The molecule has 0 bridgehead atoms. The molecule has 1 aromatic rings. The van der Waals surface area contributed by atoms with Crippen LogP contribution in [0.25, 0.3) is 0 Å². The number of benzene rings is 1. The maximum absolute atomic E-state index is 13.4. The van der Waals surface area contributed by atoms with Crippen molar-refractivity contribution in [3.05, 3.63) is 47.5 Å². The number of carbonyl (C=O) groups excluding carboxylic acids is 2. The number of amides is 2. The predicted octanol–water partition coefficient (Wildman–Crippen LogP) is 2.62. The van der Waals surface area contributed by atoms with Gasteiger partial charge in [-0.15, -0.1) is 0 Å². The highest BCUT2D eigenvalue weighted by atomic mass is 19.1. The Morgan fingerprint density at radius 2 is 1.78 bits per heavy atom. The second-order valence-electron chi connectivity index (χ2n) is 6.52. The van der Waals surface area contributed by atoms with E-state index < -0.39 is 23.8 Å². The topological polar surface area (TPSA) is 78.4 Å². The van der Waals surface area contributed by atoms with E-state index in [2.05, 4.69) is 10.6 Å². The summed E-state index contributed by atoms with van der Waals surface area (Å²) in [5, 5.41) is 16.0. The Bertz CT molecular complexity index is 644. The van der Waals surface area contributed by atoms with Crippen molar-refractivity contribution in [2.75, 3.05) is 0 Å². The first-order valence-electron chi connectivity index (χ1n) is 9.12. The van der Waals surface area contributed by atoms with Gasteiger partial charge in [0, 0.05) is 19.0 Å². The van der Waals surface area contributed by atoms with Gasteiger partial charge in [-0.05, 0) is 49.5 Å². The minimum Gasteiger partial charge on any atom is -0.391 e. The zero-order chi connectivity index (χ0) is 20.4. The van der Waals surface area contributed by atoms with Crippen molar-refractivity contribution in [1.82, 2.24) is 10.6 Å². The van der Waals surface area contributed by atoms with Crippen LogP contribution in [0.5, 0.6) is 0 Å². The molecule has 1 unspecified atom stereocenters. The average Bonchev–Trinajstić information content (AvgIpc) is 2.57. The predicted molar refractivity (Wildman–Crippen MR) is 99.9 cm³/mol. The highest BCUT2D eigenvalue weighted by Crippen LogP contribution is 2.15. The van der Waals surface area contributed by atoms with Gasteiger partial charge in [0.25, 0.3) is 0 Å². The van der Waals surface area contributed by atoms with Crippen LogP contribution < -0.4 is 10.6 Å². The molecule has 0 radical (unpaired) electrons. The molecule has 0 aromatic heterocycles. The van der Waals surface area contributed by atoms with Gasteiger partial charge in [0.2, 0.25) is 11.8 Å². The maximum Gasteiger partial charge on any atom is 0.243 e. The first-order valence-corrected chi connectivity index (χ1v) is 9.12. The van der Waals surface area contributed by atoms with Gasteiger partial charge in [0.05, 0.1) is 12.1 Å². The minimum absolute atomic E-state index is 0.0650. The van der Waals surface area contributed by atoms with Crippen LogP contribution in [0.2, 0.25) is 0 Å². The first kappa shape index (κ1) is 22.8. The third-order valence-corrected chi connectivity index (χ3v) is 4.10. The molecule has 150 valence electrons. The Labute approximate surface area is 158 Å². The summed E-state index contributed by atoms with van der Waals surface area (Å²) in [5.74, 6) is -2.05. The van der Waals surface area contributed by atoms with Gasteiger partial charge in [0.15, 0.2) is 0 Å². The second-order valence-corrected chi connectivity index (χ2v) is 6.52. The van der Waals surface area contributed by atoms with Crippen LogP contribution in [-0.2, 0) is 16.0 Å². The summed E-state index contributed by atoms with van der Waals surface area (Å²) in [6.45, 7) is 5.09. The van der Waals surface area contributed by atoms with E-state index in [9.17, 15) is 23.5 Å². The molecule has 3 N–H and O–H groups in total. The lowest BCUT2D eigenvalue weighted by Gasteiger charge is -2.27. The molecule has 0 fully saturated rings. The molecule has 0 aliphatic rings. The standard InChI is InChI=1S/C20H28F2N2O3/c1-4-6-7-20(27)24-17(5-2)12-19(26)18(23-13(3)25)10-14-8-15(21)11-16(22)9-14/h6-9,11,17-19,26H,4-5,10,12H2,1-3H3,(H,23,25)(H,24,27)/t17?,18-,19-/m0/s1. The molecular weight excluding hydrogens is 354 g/mol. The third-order valence-electron chi connectivity index (χ3n) is 4.10. The van der Waals surface area contributed by atoms with E-state index in [0.717, 1.165) is 12.5 Å². The lowest BCUT2D eigenvalue weighted by Crippen LogP contribution is -2.47. The van der Waals surface area contributed by atoms with Crippen molar-refractivity contribution in [1.29, 1.82) is 0 Å². The highest BCUT2D eigenvalue weighted by Gasteiger charge is 2.24. The Balaban J connectivity index is 2.83. The summed E-state index contributed by atoms with van der Waals surface area (Å²) >= 11 is 0. The summed E-state index contributed by atoms with van der Waals surface area (Å²) in [6, 6.07) is 2.06. The van der Waals surface area contributed by atoms with E-state index in [0.29, 0.717) is 12.0 Å². The summed E-state index contributed by atoms with van der Waals surface area (Å²) in [7, 11) is 0. The van der Waals surface area contributed by atoms with Crippen LogP contribution in [0.4, 0.5) is 8.78 Å². The zero-order valence-electron chi connectivity index (χ0n) is 16.0. The Morgan fingerprint density at radius 1 is 1.15 bits per heavy atom. The van der Waals surface area contributed by atoms with Crippen molar-refractivity contribution < 1.29 is 23.5 Å². The van der Waals surface area contributed by atoms with E-state index in [1.165, 1.54) is 25.1 Å². The molecule has 0 aliphatic carbocycles. The maximum atomic E-state index is 13.4. The zero-order valence-corrected chi connectivity index (χ0v) is 16.0. The minimum atomic E-state index is -0.999. The number of aliphatic hydroxyl groups is 1. The largest absolute Gasteiger partial charge is 0.391 e. The van der Waals surface area contributed by atoms with Gasteiger partial charge in [-0.1, -0.05) is 19.9 Å². The van der Waals surface area contributed by atoms with Gasteiger partial charge >= 0.3 is 0 Å². The molecular formula is C20H28F2N2O3.